The lowest BCUT2D eigenvalue weighted by Crippen LogP contribution is -2.07. The van der Waals surface area contributed by atoms with Gasteiger partial charge >= 0.3 is 5.97 Å². The normalized spacial score (nSPS) is 10.3. The van der Waals surface area contributed by atoms with Crippen LogP contribution in [0.4, 0.5) is 5.69 Å². The van der Waals surface area contributed by atoms with Crippen molar-refractivity contribution < 1.29 is 13.9 Å². The molecule has 0 unspecified atom stereocenters. The Hall–Kier alpha value is -2.34. The van der Waals surface area contributed by atoms with Gasteiger partial charge in [-0.25, -0.2) is 4.79 Å². The van der Waals surface area contributed by atoms with Gasteiger partial charge in [0.05, 0.1) is 24.9 Å². The molecule has 0 aliphatic heterocycles. The molecule has 0 aromatic carbocycles. The summed E-state index contributed by atoms with van der Waals surface area (Å²) < 4.78 is 10.1. The molecule has 6 nitrogen and oxygen atoms in total. The Morgan fingerprint density at radius 2 is 2.22 bits per heavy atom. The summed E-state index contributed by atoms with van der Waals surface area (Å²) in [4.78, 5) is 15.4. The monoisotopic (exact) mass is 247 g/mol. The quantitative estimate of drug-likeness (QED) is 0.789. The summed E-state index contributed by atoms with van der Waals surface area (Å²) in [5.41, 5.74) is 12.4. The van der Waals surface area contributed by atoms with Crippen molar-refractivity contribution in [3.8, 4) is 11.3 Å². The van der Waals surface area contributed by atoms with Crippen LogP contribution in [0.1, 0.15) is 16.1 Å². The third-order valence-corrected chi connectivity index (χ3v) is 2.52. The maximum Gasteiger partial charge on any atom is 0.341 e. The summed E-state index contributed by atoms with van der Waals surface area (Å²) in [6.07, 6.45) is 2.89. The first-order valence-electron chi connectivity index (χ1n) is 5.28. The lowest BCUT2D eigenvalue weighted by molar-refractivity contribution is 0.0601. The molecule has 18 heavy (non-hydrogen) atoms. The molecule has 2 rings (SSSR count). The van der Waals surface area contributed by atoms with Gasteiger partial charge < -0.3 is 20.6 Å². The lowest BCUT2D eigenvalue weighted by atomic mass is 10.1. The third-order valence-electron chi connectivity index (χ3n) is 2.52. The molecule has 0 radical (unpaired) electrons. The van der Waals surface area contributed by atoms with E-state index in [1.807, 2.05) is 0 Å². The number of esters is 1. The van der Waals surface area contributed by atoms with Gasteiger partial charge in [-0.3, -0.25) is 4.98 Å². The van der Waals surface area contributed by atoms with Crippen LogP contribution in [0.15, 0.2) is 28.9 Å². The number of nitrogens with two attached hydrogens (primary N) is 2. The molecule has 2 heterocycles. The van der Waals surface area contributed by atoms with Crippen LogP contribution in [0.2, 0.25) is 0 Å². The first-order chi connectivity index (χ1) is 8.67. The maximum absolute atomic E-state index is 11.5. The van der Waals surface area contributed by atoms with Crippen molar-refractivity contribution in [2.24, 2.45) is 5.73 Å². The Kier molecular flexibility index (Phi) is 3.29. The number of methoxy groups -OCH3 is 1. The predicted molar refractivity (Wildman–Crippen MR) is 65.6 cm³/mol. The second-order valence-electron chi connectivity index (χ2n) is 3.61. The van der Waals surface area contributed by atoms with Crippen LogP contribution in [0.25, 0.3) is 11.3 Å². The van der Waals surface area contributed by atoms with E-state index in [4.69, 9.17) is 15.9 Å². The number of rotatable bonds is 3. The Bertz CT molecular complexity index is 578. The van der Waals surface area contributed by atoms with Crippen LogP contribution in [0.5, 0.6) is 0 Å². The number of hydrogen-bond donors (Lipinski definition) is 2. The van der Waals surface area contributed by atoms with Gasteiger partial charge in [-0.15, -0.1) is 0 Å². The summed E-state index contributed by atoms with van der Waals surface area (Å²) in [6.45, 7) is 0.296. The minimum atomic E-state index is -0.535. The van der Waals surface area contributed by atoms with Gasteiger partial charge in [-0.1, -0.05) is 0 Å². The zero-order chi connectivity index (χ0) is 13.1. The zero-order valence-corrected chi connectivity index (χ0v) is 9.84. The largest absolute Gasteiger partial charge is 0.465 e. The van der Waals surface area contributed by atoms with E-state index >= 15 is 0 Å². The number of carbonyl (C=O) groups is 1. The van der Waals surface area contributed by atoms with Crippen molar-refractivity contribution in [1.82, 2.24) is 4.98 Å². The highest BCUT2D eigenvalue weighted by Gasteiger charge is 2.16. The summed E-state index contributed by atoms with van der Waals surface area (Å²) in [5.74, 6) is 0.617. The Balaban J connectivity index is 2.48. The van der Waals surface area contributed by atoms with E-state index in [1.165, 1.54) is 19.5 Å². The highest BCUT2D eigenvalue weighted by Crippen LogP contribution is 2.29. The number of nitrogen functional groups attached to an aromatic ring is 1. The highest BCUT2D eigenvalue weighted by molar-refractivity contribution is 5.98. The number of ether oxygens (including phenoxy) is 1. The SMILES string of the molecule is COC(=O)c1cncc(-c2ccc(CN)o2)c1N. The van der Waals surface area contributed by atoms with Crippen molar-refractivity contribution in [1.29, 1.82) is 0 Å². The number of nitrogens with zero attached hydrogens (tertiary/aromatic N) is 1. The van der Waals surface area contributed by atoms with Gasteiger partial charge in [-0.2, -0.15) is 0 Å². The molecule has 2 aromatic heterocycles. The minimum Gasteiger partial charge on any atom is -0.465 e. The summed E-state index contributed by atoms with van der Waals surface area (Å²) >= 11 is 0. The van der Waals surface area contributed by atoms with Crippen molar-refractivity contribution in [3.05, 3.63) is 35.9 Å². The standard InChI is InChI=1S/C12H13N3O3/c1-17-12(16)9-6-15-5-8(11(9)14)10-3-2-7(4-13)18-10/h2-3,5-6H,4,13H2,1H3,(H2,14,15). The molecule has 0 bridgehead atoms. The average Bonchev–Trinajstić information content (AvgIpc) is 2.86. The van der Waals surface area contributed by atoms with Crippen LogP contribution in [0, 0.1) is 0 Å². The molecule has 0 atom stereocenters. The van der Waals surface area contributed by atoms with Crippen molar-refractivity contribution in [2.45, 2.75) is 6.54 Å². The molecular weight excluding hydrogens is 234 g/mol. The first kappa shape index (κ1) is 12.1. The van der Waals surface area contributed by atoms with Crippen molar-refractivity contribution >= 4 is 11.7 Å². The van der Waals surface area contributed by atoms with Crippen molar-refractivity contribution in [2.75, 3.05) is 12.8 Å². The topological polar surface area (TPSA) is 104 Å². The molecule has 0 fully saturated rings. The summed E-state index contributed by atoms with van der Waals surface area (Å²) in [5, 5.41) is 0. The second-order valence-corrected chi connectivity index (χ2v) is 3.61. The van der Waals surface area contributed by atoms with Gasteiger partial charge in [0.15, 0.2) is 0 Å². The van der Waals surface area contributed by atoms with Crippen LogP contribution in [0.3, 0.4) is 0 Å². The fraction of sp³-hybridized carbons (Fsp3) is 0.167. The first-order valence-corrected chi connectivity index (χ1v) is 5.28. The van der Waals surface area contributed by atoms with Crippen LogP contribution >= 0.6 is 0 Å². The predicted octanol–water partition coefficient (Wildman–Crippen LogP) is 1.17. The van der Waals surface area contributed by atoms with Crippen LogP contribution < -0.4 is 11.5 Å². The Labute approximate surface area is 104 Å². The molecule has 0 amide bonds. The Morgan fingerprint density at radius 3 is 2.83 bits per heavy atom. The highest BCUT2D eigenvalue weighted by atomic mass is 16.5. The van der Waals surface area contributed by atoms with Gasteiger partial charge in [-0.05, 0) is 12.1 Å². The maximum atomic E-state index is 11.5. The van der Waals surface area contributed by atoms with E-state index in [2.05, 4.69) is 9.72 Å². The number of aromatic nitrogens is 1. The zero-order valence-electron chi connectivity index (χ0n) is 9.84. The lowest BCUT2D eigenvalue weighted by Gasteiger charge is -2.06. The molecule has 0 saturated carbocycles. The number of furan rings is 1. The van der Waals surface area contributed by atoms with Crippen LogP contribution in [-0.4, -0.2) is 18.1 Å². The number of pyridine rings is 1. The molecular formula is C12H13N3O3. The van der Waals surface area contributed by atoms with E-state index in [1.54, 1.807) is 12.1 Å². The molecule has 0 aliphatic carbocycles. The molecule has 0 aliphatic rings. The van der Waals surface area contributed by atoms with E-state index in [-0.39, 0.29) is 11.3 Å². The molecule has 0 saturated heterocycles. The van der Waals surface area contributed by atoms with Gasteiger partial charge in [0.1, 0.15) is 17.1 Å². The summed E-state index contributed by atoms with van der Waals surface area (Å²) in [6, 6.07) is 3.48. The van der Waals surface area contributed by atoms with Gasteiger partial charge in [0, 0.05) is 12.4 Å². The van der Waals surface area contributed by atoms with Crippen LogP contribution in [-0.2, 0) is 11.3 Å². The third kappa shape index (κ3) is 2.05. The molecule has 0 spiro atoms. The van der Waals surface area contributed by atoms with Gasteiger partial charge in [0.2, 0.25) is 0 Å². The minimum absolute atomic E-state index is 0.209. The molecule has 6 heteroatoms. The van der Waals surface area contributed by atoms with E-state index < -0.39 is 5.97 Å². The molecule has 94 valence electrons. The number of hydrogen-bond acceptors (Lipinski definition) is 6. The Morgan fingerprint density at radius 1 is 1.44 bits per heavy atom. The van der Waals surface area contributed by atoms with E-state index in [0.717, 1.165) is 0 Å². The van der Waals surface area contributed by atoms with E-state index in [0.29, 0.717) is 23.6 Å². The molecule has 4 N–H and O–H groups in total. The average molecular weight is 247 g/mol. The molecule has 2 aromatic rings. The van der Waals surface area contributed by atoms with Gasteiger partial charge in [0.25, 0.3) is 0 Å². The fourth-order valence-electron chi connectivity index (χ4n) is 1.57. The number of carbonyl (C=O) groups excluding carboxylic acids is 1. The smallest absolute Gasteiger partial charge is 0.341 e. The fourth-order valence-corrected chi connectivity index (χ4v) is 1.57. The van der Waals surface area contributed by atoms with E-state index in [9.17, 15) is 4.79 Å². The number of anilines is 1. The van der Waals surface area contributed by atoms with Crippen molar-refractivity contribution in [3.63, 3.8) is 0 Å². The second kappa shape index (κ2) is 4.89. The summed E-state index contributed by atoms with van der Waals surface area (Å²) in [7, 11) is 1.29.